The summed E-state index contributed by atoms with van der Waals surface area (Å²) in [6.07, 6.45) is 0. The van der Waals surface area contributed by atoms with Crippen LogP contribution in [-0.4, -0.2) is 28.0 Å². The first-order chi connectivity index (χ1) is 14.9. The van der Waals surface area contributed by atoms with E-state index >= 15 is 0 Å². The van der Waals surface area contributed by atoms with Gasteiger partial charge in [0.15, 0.2) is 0 Å². The molecule has 0 unspecified atom stereocenters. The molecule has 0 saturated heterocycles. The van der Waals surface area contributed by atoms with Crippen molar-refractivity contribution < 1.29 is 22.7 Å². The van der Waals surface area contributed by atoms with E-state index in [1.54, 1.807) is 43.5 Å². The summed E-state index contributed by atoms with van der Waals surface area (Å²) in [6, 6.07) is 19.8. The summed E-state index contributed by atoms with van der Waals surface area (Å²) in [7, 11) is -2.17. The number of hydrogen-bond acceptors (Lipinski definition) is 5. The molecule has 0 aliphatic rings. The molecular formula is C23H24N2O5S. The molecule has 0 aliphatic heterocycles. The first-order valence-corrected chi connectivity index (χ1v) is 11.2. The molecule has 0 radical (unpaired) electrons. The van der Waals surface area contributed by atoms with E-state index in [1.807, 2.05) is 31.2 Å². The Bertz CT molecular complexity index is 1130. The van der Waals surface area contributed by atoms with Gasteiger partial charge in [-0.2, -0.15) is 0 Å². The van der Waals surface area contributed by atoms with Crippen molar-refractivity contribution in [3.05, 3.63) is 83.9 Å². The average Bonchev–Trinajstić information content (AvgIpc) is 2.78. The van der Waals surface area contributed by atoms with Crippen molar-refractivity contribution in [1.29, 1.82) is 0 Å². The number of sulfonamides is 1. The third-order valence-electron chi connectivity index (χ3n) is 4.48. The van der Waals surface area contributed by atoms with E-state index in [-0.39, 0.29) is 10.8 Å². The Morgan fingerprint density at radius 2 is 1.61 bits per heavy atom. The maximum Gasteiger partial charge on any atom is 0.261 e. The van der Waals surface area contributed by atoms with Gasteiger partial charge in [0.25, 0.3) is 15.9 Å². The molecule has 0 atom stereocenters. The molecule has 1 amide bonds. The Labute approximate surface area is 182 Å². The first-order valence-electron chi connectivity index (χ1n) is 9.69. The second-order valence-electron chi connectivity index (χ2n) is 6.58. The molecule has 0 saturated carbocycles. The van der Waals surface area contributed by atoms with Crippen molar-refractivity contribution in [2.24, 2.45) is 0 Å². The van der Waals surface area contributed by atoms with E-state index in [1.165, 1.54) is 12.1 Å². The largest absolute Gasteiger partial charge is 0.496 e. The van der Waals surface area contributed by atoms with Crippen molar-refractivity contribution >= 4 is 21.6 Å². The van der Waals surface area contributed by atoms with Gasteiger partial charge in [0.2, 0.25) is 0 Å². The molecule has 0 heterocycles. The second kappa shape index (κ2) is 9.99. The number of amides is 1. The van der Waals surface area contributed by atoms with Crippen LogP contribution >= 0.6 is 0 Å². The van der Waals surface area contributed by atoms with Crippen LogP contribution in [0.3, 0.4) is 0 Å². The summed E-state index contributed by atoms with van der Waals surface area (Å²) in [5, 5.41) is 2.83. The zero-order valence-corrected chi connectivity index (χ0v) is 18.1. The van der Waals surface area contributed by atoms with Gasteiger partial charge in [-0.3, -0.25) is 9.52 Å². The lowest BCUT2D eigenvalue weighted by molar-refractivity contribution is 0.0950. The maximum absolute atomic E-state index is 12.6. The molecule has 3 rings (SSSR count). The quantitative estimate of drug-likeness (QED) is 0.528. The summed E-state index contributed by atoms with van der Waals surface area (Å²) in [6.45, 7) is 2.67. The van der Waals surface area contributed by atoms with Crippen LogP contribution in [0.5, 0.6) is 11.5 Å². The number of carbonyl (C=O) groups excluding carboxylic acids is 1. The van der Waals surface area contributed by atoms with E-state index < -0.39 is 10.0 Å². The fraction of sp³-hybridized carbons (Fsp3) is 0.174. The maximum atomic E-state index is 12.6. The van der Waals surface area contributed by atoms with Crippen LogP contribution in [0.2, 0.25) is 0 Å². The highest BCUT2D eigenvalue weighted by molar-refractivity contribution is 7.92. The molecule has 0 fully saturated rings. The van der Waals surface area contributed by atoms with Crippen molar-refractivity contribution in [2.75, 3.05) is 18.4 Å². The van der Waals surface area contributed by atoms with Crippen LogP contribution < -0.4 is 19.5 Å². The average molecular weight is 441 g/mol. The zero-order chi connectivity index (χ0) is 22.3. The number of rotatable bonds is 9. The number of ether oxygens (including phenoxy) is 2. The standard InChI is InChI=1S/C23H24N2O5S/c1-3-30-20-12-14-21(15-13-20)31(27,28)25-19-10-8-17(9-11-19)23(26)24-16-18-6-4-5-7-22(18)29-2/h4-15,25H,3,16H2,1-2H3,(H,24,26). The molecule has 31 heavy (non-hydrogen) atoms. The molecule has 3 aromatic carbocycles. The number of anilines is 1. The van der Waals surface area contributed by atoms with Gasteiger partial charge in [0, 0.05) is 23.4 Å². The minimum Gasteiger partial charge on any atom is -0.496 e. The lowest BCUT2D eigenvalue weighted by Crippen LogP contribution is -2.23. The van der Waals surface area contributed by atoms with Crippen LogP contribution in [0.4, 0.5) is 5.69 Å². The normalized spacial score (nSPS) is 10.9. The Morgan fingerprint density at radius 3 is 2.26 bits per heavy atom. The van der Waals surface area contributed by atoms with Gasteiger partial charge in [0.05, 0.1) is 18.6 Å². The third kappa shape index (κ3) is 5.76. The molecular weight excluding hydrogens is 416 g/mol. The molecule has 0 aromatic heterocycles. The van der Waals surface area contributed by atoms with Crippen LogP contribution in [0.15, 0.2) is 77.7 Å². The van der Waals surface area contributed by atoms with Crippen molar-refractivity contribution in [3.8, 4) is 11.5 Å². The molecule has 8 heteroatoms. The van der Waals surface area contributed by atoms with E-state index in [0.717, 1.165) is 5.56 Å². The molecule has 2 N–H and O–H groups in total. The fourth-order valence-corrected chi connectivity index (χ4v) is 3.97. The zero-order valence-electron chi connectivity index (χ0n) is 17.3. The SMILES string of the molecule is CCOc1ccc(S(=O)(=O)Nc2ccc(C(=O)NCc3ccccc3OC)cc2)cc1. The van der Waals surface area contributed by atoms with Gasteiger partial charge >= 0.3 is 0 Å². The van der Waals surface area contributed by atoms with Crippen LogP contribution in [-0.2, 0) is 16.6 Å². The fourth-order valence-electron chi connectivity index (χ4n) is 2.91. The number of para-hydroxylation sites is 1. The molecule has 0 bridgehead atoms. The van der Waals surface area contributed by atoms with Crippen molar-refractivity contribution in [3.63, 3.8) is 0 Å². The summed E-state index contributed by atoms with van der Waals surface area (Å²) < 4.78 is 38.2. The molecule has 0 aliphatic carbocycles. The summed E-state index contributed by atoms with van der Waals surface area (Å²) in [5.41, 5.74) is 1.63. The highest BCUT2D eigenvalue weighted by Crippen LogP contribution is 2.20. The van der Waals surface area contributed by atoms with Crippen LogP contribution in [0, 0.1) is 0 Å². The number of benzene rings is 3. The van der Waals surface area contributed by atoms with E-state index in [4.69, 9.17) is 9.47 Å². The van der Waals surface area contributed by atoms with Gasteiger partial charge in [-0.05, 0) is 61.5 Å². The predicted molar refractivity (Wildman–Crippen MR) is 119 cm³/mol. The Hall–Kier alpha value is -3.52. The second-order valence-corrected chi connectivity index (χ2v) is 8.26. The lowest BCUT2D eigenvalue weighted by Gasteiger charge is -2.11. The van der Waals surface area contributed by atoms with Gasteiger partial charge in [-0.1, -0.05) is 18.2 Å². The molecule has 0 spiro atoms. The third-order valence-corrected chi connectivity index (χ3v) is 5.87. The van der Waals surface area contributed by atoms with Gasteiger partial charge in [0.1, 0.15) is 11.5 Å². The smallest absolute Gasteiger partial charge is 0.261 e. The minimum absolute atomic E-state index is 0.120. The lowest BCUT2D eigenvalue weighted by atomic mass is 10.1. The number of methoxy groups -OCH3 is 1. The Kier molecular flexibility index (Phi) is 7.15. The number of carbonyl (C=O) groups is 1. The minimum atomic E-state index is -3.75. The van der Waals surface area contributed by atoms with Crippen molar-refractivity contribution in [1.82, 2.24) is 5.32 Å². The van der Waals surface area contributed by atoms with Gasteiger partial charge in [-0.25, -0.2) is 8.42 Å². The van der Waals surface area contributed by atoms with Gasteiger partial charge < -0.3 is 14.8 Å². The topological polar surface area (TPSA) is 93.7 Å². The number of nitrogens with one attached hydrogen (secondary N) is 2. The van der Waals surface area contributed by atoms with Crippen LogP contribution in [0.25, 0.3) is 0 Å². The monoisotopic (exact) mass is 440 g/mol. The van der Waals surface area contributed by atoms with Crippen LogP contribution in [0.1, 0.15) is 22.8 Å². The van der Waals surface area contributed by atoms with Gasteiger partial charge in [-0.15, -0.1) is 0 Å². The predicted octanol–water partition coefficient (Wildman–Crippen LogP) is 3.82. The summed E-state index contributed by atoms with van der Waals surface area (Å²) in [4.78, 5) is 12.5. The van der Waals surface area contributed by atoms with E-state index in [9.17, 15) is 13.2 Å². The Balaban J connectivity index is 1.63. The molecule has 3 aromatic rings. The summed E-state index contributed by atoms with van der Waals surface area (Å²) in [5.74, 6) is 1.03. The highest BCUT2D eigenvalue weighted by atomic mass is 32.2. The molecule has 162 valence electrons. The summed E-state index contributed by atoms with van der Waals surface area (Å²) >= 11 is 0. The van der Waals surface area contributed by atoms with Crippen molar-refractivity contribution in [2.45, 2.75) is 18.4 Å². The highest BCUT2D eigenvalue weighted by Gasteiger charge is 2.15. The first kappa shape index (κ1) is 22.2. The Morgan fingerprint density at radius 1 is 0.935 bits per heavy atom. The van der Waals surface area contributed by atoms with E-state index in [2.05, 4.69) is 10.0 Å². The van der Waals surface area contributed by atoms with E-state index in [0.29, 0.717) is 35.9 Å². The number of hydrogen-bond donors (Lipinski definition) is 2. The molecule has 7 nitrogen and oxygen atoms in total.